The number of ether oxygens (including phenoxy) is 10. The molecule has 0 radical (unpaired) electrons. The molecule has 1 unspecified atom stereocenters. The summed E-state index contributed by atoms with van der Waals surface area (Å²) < 4.78 is 56.1. The van der Waals surface area contributed by atoms with Crippen LogP contribution in [0.4, 0.5) is 0 Å². The number of aliphatic hydroxyl groups is 2. The van der Waals surface area contributed by atoms with Crippen molar-refractivity contribution >= 4 is 0 Å². The van der Waals surface area contributed by atoms with Crippen LogP contribution < -0.4 is 15.2 Å². The number of benzene rings is 2. The van der Waals surface area contributed by atoms with E-state index >= 15 is 0 Å². The fourth-order valence-corrected chi connectivity index (χ4v) is 6.72. The van der Waals surface area contributed by atoms with Crippen LogP contribution in [0.1, 0.15) is 36.8 Å². The molecule has 14 heteroatoms. The molecule has 57 heavy (non-hydrogen) atoms. The zero-order valence-electron chi connectivity index (χ0n) is 34.4. The van der Waals surface area contributed by atoms with Crippen molar-refractivity contribution in [1.82, 2.24) is 0 Å². The number of quaternary nitrogens is 1. The molecule has 1 fully saturated rings. The minimum Gasteiger partial charge on any atom is -0.491 e. The summed E-state index contributed by atoms with van der Waals surface area (Å²) in [5.41, 5.74) is 9.19. The van der Waals surface area contributed by atoms with Gasteiger partial charge >= 0.3 is 0 Å². The van der Waals surface area contributed by atoms with E-state index in [0.29, 0.717) is 119 Å². The van der Waals surface area contributed by atoms with E-state index in [-0.39, 0.29) is 19.3 Å². The number of aliphatic hydroxyl groups excluding tert-OH is 2. The number of hydrogen-bond donors (Lipinski definition) is 3. The summed E-state index contributed by atoms with van der Waals surface area (Å²) in [6, 6.07) is 17.2. The summed E-state index contributed by atoms with van der Waals surface area (Å²) in [5, 5.41) is 17.3. The zero-order valence-corrected chi connectivity index (χ0v) is 34.4. The summed E-state index contributed by atoms with van der Waals surface area (Å²) in [7, 11) is 0. The molecule has 2 aromatic rings. The van der Waals surface area contributed by atoms with Crippen molar-refractivity contribution in [2.45, 2.75) is 44.6 Å². The van der Waals surface area contributed by atoms with Crippen LogP contribution in [0, 0.1) is 0 Å². The van der Waals surface area contributed by atoms with Gasteiger partial charge in [0.05, 0.1) is 151 Å². The third kappa shape index (κ3) is 24.9. The third-order valence-electron chi connectivity index (χ3n) is 9.57. The Morgan fingerprint density at radius 2 is 0.807 bits per heavy atom. The van der Waals surface area contributed by atoms with Gasteiger partial charge in [-0.15, -0.1) is 0 Å². The highest BCUT2D eigenvalue weighted by Gasteiger charge is 2.32. The molecule has 2 aromatic carbocycles. The Morgan fingerprint density at radius 3 is 1.14 bits per heavy atom. The second-order valence-electron chi connectivity index (χ2n) is 14.1. The van der Waals surface area contributed by atoms with Crippen LogP contribution in [0.2, 0.25) is 0 Å². The second-order valence-corrected chi connectivity index (χ2v) is 14.1. The Bertz CT molecular complexity index is 1110. The molecular weight excluding hydrogens is 736 g/mol. The molecule has 0 amide bonds. The molecule has 3 rings (SSSR count). The lowest BCUT2D eigenvalue weighted by Gasteiger charge is -2.44. The SMILES string of the molecule is NC1CCC[N+](CCCc2ccc(OCCOCCOCCOCCOCCO)cc2)(CCCc2ccc(OCCOCCOCCOCCOCCO)cc2)C1. The van der Waals surface area contributed by atoms with Gasteiger partial charge in [0.1, 0.15) is 24.7 Å². The molecule has 0 aromatic heterocycles. The van der Waals surface area contributed by atoms with Crippen LogP contribution in [0.5, 0.6) is 11.5 Å². The Morgan fingerprint density at radius 1 is 0.474 bits per heavy atom. The van der Waals surface area contributed by atoms with Gasteiger partial charge in [-0.25, -0.2) is 0 Å². The number of aryl methyl sites for hydroxylation is 2. The number of nitrogens with two attached hydrogens (primary N) is 1. The maximum absolute atomic E-state index is 8.66. The highest BCUT2D eigenvalue weighted by atomic mass is 16.6. The number of nitrogens with zero attached hydrogens (tertiary/aromatic N) is 1. The Labute approximate surface area is 341 Å². The molecule has 1 heterocycles. The lowest BCUT2D eigenvalue weighted by atomic mass is 10.00. The Balaban J connectivity index is 1.21. The van der Waals surface area contributed by atoms with Crippen molar-refractivity contribution in [2.24, 2.45) is 5.73 Å². The fraction of sp³-hybridized carbons (Fsp3) is 0.721. The van der Waals surface area contributed by atoms with Crippen LogP contribution in [-0.4, -0.2) is 179 Å². The normalized spacial score (nSPS) is 15.2. The minimum atomic E-state index is 0.0261. The number of rotatable bonds is 38. The zero-order chi connectivity index (χ0) is 40.3. The first-order valence-corrected chi connectivity index (χ1v) is 21.0. The van der Waals surface area contributed by atoms with Gasteiger partial charge in [0.25, 0.3) is 0 Å². The molecule has 14 nitrogen and oxygen atoms in total. The van der Waals surface area contributed by atoms with Crippen molar-refractivity contribution in [3.05, 3.63) is 59.7 Å². The van der Waals surface area contributed by atoms with Gasteiger partial charge in [-0.2, -0.15) is 0 Å². The van der Waals surface area contributed by atoms with Crippen LogP contribution in [0.3, 0.4) is 0 Å². The summed E-state index contributed by atoms with van der Waals surface area (Å²) in [6.45, 7) is 13.3. The molecular formula is C43H73N2O12+. The number of likely N-dealkylation sites (tertiary alicyclic amines) is 1. The van der Waals surface area contributed by atoms with E-state index in [0.717, 1.165) is 67.7 Å². The molecule has 326 valence electrons. The van der Waals surface area contributed by atoms with Gasteiger partial charge in [0, 0.05) is 12.8 Å². The molecule has 1 saturated heterocycles. The maximum Gasteiger partial charge on any atom is 0.119 e. The quantitative estimate of drug-likeness (QED) is 0.0673. The van der Waals surface area contributed by atoms with Crippen LogP contribution in [0.15, 0.2) is 48.5 Å². The summed E-state index contributed by atoms with van der Waals surface area (Å²) in [6.07, 6.45) is 6.68. The molecule has 4 N–H and O–H groups in total. The van der Waals surface area contributed by atoms with E-state index in [1.165, 1.54) is 24.1 Å². The van der Waals surface area contributed by atoms with Crippen LogP contribution in [0.25, 0.3) is 0 Å². The molecule has 0 saturated carbocycles. The number of piperidine rings is 1. The third-order valence-corrected chi connectivity index (χ3v) is 9.57. The second kappa shape index (κ2) is 33.4. The van der Waals surface area contributed by atoms with E-state index < -0.39 is 0 Å². The van der Waals surface area contributed by atoms with Crippen LogP contribution >= 0.6 is 0 Å². The summed E-state index contributed by atoms with van der Waals surface area (Å²) >= 11 is 0. The molecule has 1 atom stereocenters. The van der Waals surface area contributed by atoms with Crippen molar-refractivity contribution < 1.29 is 62.1 Å². The van der Waals surface area contributed by atoms with Gasteiger partial charge < -0.3 is 67.8 Å². The lowest BCUT2D eigenvalue weighted by molar-refractivity contribution is -0.933. The minimum absolute atomic E-state index is 0.0261. The molecule has 0 spiro atoms. The Hall–Kier alpha value is -2.44. The standard InChI is InChI=1S/C43H73N2O12/c44-41-6-3-17-45(38-41,15-1-4-39-7-11-42(12-8-39)56-36-34-54-32-30-52-28-26-50-24-22-48-20-18-46)16-2-5-40-9-13-43(14-10-40)57-37-35-55-33-31-53-29-27-51-25-23-49-21-19-47/h7-14,41,46-47H,1-6,15-38,44H2/q+1. The van der Waals surface area contributed by atoms with Crippen molar-refractivity contribution in [3.8, 4) is 11.5 Å². The van der Waals surface area contributed by atoms with Gasteiger partial charge in [0.2, 0.25) is 0 Å². The largest absolute Gasteiger partial charge is 0.491 e. The monoisotopic (exact) mass is 810 g/mol. The molecule has 0 bridgehead atoms. The van der Waals surface area contributed by atoms with Crippen molar-refractivity contribution in [1.29, 1.82) is 0 Å². The smallest absolute Gasteiger partial charge is 0.119 e. The highest BCUT2D eigenvalue weighted by Crippen LogP contribution is 2.23. The maximum atomic E-state index is 8.66. The number of hydrogen-bond acceptors (Lipinski definition) is 13. The highest BCUT2D eigenvalue weighted by molar-refractivity contribution is 5.28. The van der Waals surface area contributed by atoms with Crippen molar-refractivity contribution in [2.75, 3.05) is 158 Å². The van der Waals surface area contributed by atoms with Gasteiger partial charge in [0.15, 0.2) is 0 Å². The average molecular weight is 810 g/mol. The van der Waals surface area contributed by atoms with Gasteiger partial charge in [-0.3, -0.25) is 0 Å². The molecule has 1 aliphatic rings. The predicted octanol–water partition coefficient (Wildman–Crippen LogP) is 3.06. The first-order chi connectivity index (χ1) is 28.1. The first-order valence-electron chi connectivity index (χ1n) is 21.0. The van der Waals surface area contributed by atoms with E-state index in [9.17, 15) is 0 Å². The summed E-state index contributed by atoms with van der Waals surface area (Å²) in [4.78, 5) is 0. The molecule has 0 aliphatic carbocycles. The Kier molecular flexibility index (Phi) is 28.7. The lowest BCUT2D eigenvalue weighted by Crippen LogP contribution is -2.58. The topological polar surface area (TPSA) is 159 Å². The van der Waals surface area contributed by atoms with Gasteiger partial charge in [-0.05, 0) is 61.1 Å². The predicted molar refractivity (Wildman–Crippen MR) is 218 cm³/mol. The fourth-order valence-electron chi connectivity index (χ4n) is 6.72. The van der Waals surface area contributed by atoms with Crippen molar-refractivity contribution in [3.63, 3.8) is 0 Å². The molecule has 1 aliphatic heterocycles. The summed E-state index contributed by atoms with van der Waals surface area (Å²) in [5.74, 6) is 1.71. The van der Waals surface area contributed by atoms with E-state index in [4.69, 9.17) is 63.3 Å². The van der Waals surface area contributed by atoms with E-state index in [1.807, 2.05) is 0 Å². The first kappa shape index (κ1) is 48.9. The van der Waals surface area contributed by atoms with E-state index in [2.05, 4.69) is 48.5 Å². The van der Waals surface area contributed by atoms with Crippen LogP contribution in [-0.2, 0) is 50.7 Å². The average Bonchev–Trinajstić information content (AvgIpc) is 3.22. The van der Waals surface area contributed by atoms with Gasteiger partial charge in [-0.1, -0.05) is 24.3 Å². The van der Waals surface area contributed by atoms with E-state index in [1.54, 1.807) is 0 Å².